The van der Waals surface area contributed by atoms with E-state index in [1.165, 1.54) is 18.2 Å². The Morgan fingerprint density at radius 1 is 0.941 bits per heavy atom. The van der Waals surface area contributed by atoms with E-state index in [1.807, 2.05) is 0 Å². The molecule has 8 heteroatoms. The number of nitrogens with one attached hydrogen (secondary N) is 1. The Balaban J connectivity index is 1.35. The third-order valence-electron chi connectivity index (χ3n) is 4.86. The minimum absolute atomic E-state index is 0.233. The minimum atomic E-state index is -0.693. The smallest absolute Gasteiger partial charge is 0.331 e. The fourth-order valence-electron chi connectivity index (χ4n) is 3.26. The monoisotopic (exact) mass is 477 g/mol. The Labute approximate surface area is 200 Å². The first kappa shape index (κ1) is 23.1. The quantitative estimate of drug-likeness (QED) is 0.305. The lowest BCUT2D eigenvalue weighted by molar-refractivity contribution is -0.142. The van der Waals surface area contributed by atoms with Gasteiger partial charge in [0.25, 0.3) is 5.91 Å². The van der Waals surface area contributed by atoms with Crippen molar-refractivity contribution in [2.45, 2.75) is 0 Å². The van der Waals surface area contributed by atoms with Crippen molar-refractivity contribution in [3.63, 3.8) is 0 Å². The van der Waals surface area contributed by atoms with Crippen LogP contribution in [0.15, 0.2) is 72.8 Å². The first-order chi connectivity index (χ1) is 16.5. The first-order valence-corrected chi connectivity index (χ1v) is 10.8. The molecule has 0 bridgehead atoms. The summed E-state index contributed by atoms with van der Waals surface area (Å²) in [5.74, 6) is -0.329. The third-order valence-corrected chi connectivity index (χ3v) is 5.10. The van der Waals surface area contributed by atoms with Crippen LogP contribution < -0.4 is 14.8 Å². The van der Waals surface area contributed by atoms with Gasteiger partial charge in [-0.15, -0.1) is 0 Å². The number of carbonyl (C=O) groups excluding carboxylic acids is 3. The number of carbonyl (C=O) groups is 3. The van der Waals surface area contributed by atoms with Crippen molar-refractivity contribution in [3.05, 3.63) is 94.5 Å². The van der Waals surface area contributed by atoms with Crippen LogP contribution in [0.25, 0.3) is 6.08 Å². The second-order valence-corrected chi connectivity index (χ2v) is 7.71. The number of ether oxygens (including phenoxy) is 3. The van der Waals surface area contributed by atoms with E-state index in [1.54, 1.807) is 60.7 Å². The van der Waals surface area contributed by atoms with Gasteiger partial charge < -0.3 is 19.5 Å². The van der Waals surface area contributed by atoms with Crippen LogP contribution in [-0.2, 0) is 14.3 Å². The second-order valence-electron chi connectivity index (χ2n) is 7.28. The number of anilines is 1. The number of fused-ring (bicyclic) bond motifs is 1. The van der Waals surface area contributed by atoms with Gasteiger partial charge in [0, 0.05) is 22.2 Å². The van der Waals surface area contributed by atoms with Crippen LogP contribution in [0.5, 0.6) is 11.5 Å². The molecule has 1 N–H and O–H groups in total. The standard InChI is InChI=1S/C26H20ClNO6/c27-19-8-9-21(20(15-19)26(31)18-4-2-1-3-5-18)28-24(29)16-34-25(30)11-7-17-6-10-22-23(14-17)33-13-12-32-22/h1-11,14-15H,12-13,16H2,(H,28,29). The van der Waals surface area contributed by atoms with Crippen molar-refractivity contribution in [2.75, 3.05) is 25.1 Å². The van der Waals surface area contributed by atoms with E-state index in [0.717, 1.165) is 5.56 Å². The molecule has 1 aliphatic rings. The van der Waals surface area contributed by atoms with E-state index in [9.17, 15) is 14.4 Å². The third kappa shape index (κ3) is 5.82. The highest BCUT2D eigenvalue weighted by atomic mass is 35.5. The highest BCUT2D eigenvalue weighted by Gasteiger charge is 2.17. The lowest BCUT2D eigenvalue weighted by Crippen LogP contribution is -2.21. The first-order valence-electron chi connectivity index (χ1n) is 10.4. The molecule has 7 nitrogen and oxygen atoms in total. The number of ketones is 1. The van der Waals surface area contributed by atoms with Crippen molar-refractivity contribution in [2.24, 2.45) is 0 Å². The second kappa shape index (κ2) is 10.7. The zero-order chi connectivity index (χ0) is 23.9. The Bertz CT molecular complexity index is 1260. The van der Waals surface area contributed by atoms with Crippen LogP contribution in [-0.4, -0.2) is 37.5 Å². The maximum absolute atomic E-state index is 12.9. The van der Waals surface area contributed by atoms with Gasteiger partial charge in [0.2, 0.25) is 0 Å². The van der Waals surface area contributed by atoms with Gasteiger partial charge in [0.1, 0.15) is 13.2 Å². The molecule has 4 rings (SSSR count). The highest BCUT2D eigenvalue weighted by Crippen LogP contribution is 2.31. The van der Waals surface area contributed by atoms with E-state index in [2.05, 4.69) is 5.32 Å². The Morgan fingerprint density at radius 2 is 1.71 bits per heavy atom. The largest absolute Gasteiger partial charge is 0.486 e. The molecule has 3 aromatic carbocycles. The minimum Gasteiger partial charge on any atom is -0.486 e. The van der Waals surface area contributed by atoms with Crippen molar-refractivity contribution in [1.29, 1.82) is 0 Å². The van der Waals surface area contributed by atoms with Crippen molar-refractivity contribution in [3.8, 4) is 11.5 Å². The maximum atomic E-state index is 12.9. The SMILES string of the molecule is O=C(COC(=O)C=Cc1ccc2c(c1)OCCO2)Nc1ccc(Cl)cc1C(=O)c1ccccc1. The topological polar surface area (TPSA) is 90.9 Å². The summed E-state index contributed by atoms with van der Waals surface area (Å²) in [7, 11) is 0. The van der Waals surface area contributed by atoms with Crippen LogP contribution in [0.2, 0.25) is 5.02 Å². The van der Waals surface area contributed by atoms with Gasteiger partial charge >= 0.3 is 5.97 Å². The van der Waals surface area contributed by atoms with E-state index < -0.39 is 18.5 Å². The molecule has 0 saturated heterocycles. The summed E-state index contributed by atoms with van der Waals surface area (Å²) in [5, 5.41) is 2.96. The van der Waals surface area contributed by atoms with Gasteiger partial charge in [-0.2, -0.15) is 0 Å². The molecular formula is C26H20ClNO6. The zero-order valence-electron chi connectivity index (χ0n) is 18.0. The number of hydrogen-bond acceptors (Lipinski definition) is 6. The summed E-state index contributed by atoms with van der Waals surface area (Å²) in [6.07, 6.45) is 2.76. The molecule has 0 radical (unpaired) electrons. The molecule has 0 atom stereocenters. The summed E-state index contributed by atoms with van der Waals surface area (Å²) in [6, 6.07) is 18.5. The number of amides is 1. The Hall–Kier alpha value is -4.10. The molecule has 3 aromatic rings. The van der Waals surface area contributed by atoms with Crippen molar-refractivity contribution < 1.29 is 28.6 Å². The predicted octanol–water partition coefficient (Wildman–Crippen LogP) is 4.54. The van der Waals surface area contributed by atoms with Crippen LogP contribution >= 0.6 is 11.6 Å². The number of rotatable bonds is 7. The summed E-state index contributed by atoms with van der Waals surface area (Å²) >= 11 is 6.06. The molecule has 0 spiro atoms. The molecule has 34 heavy (non-hydrogen) atoms. The fourth-order valence-corrected chi connectivity index (χ4v) is 3.43. The van der Waals surface area contributed by atoms with Gasteiger partial charge in [-0.1, -0.05) is 48.0 Å². The number of hydrogen-bond donors (Lipinski definition) is 1. The zero-order valence-corrected chi connectivity index (χ0v) is 18.7. The summed E-state index contributed by atoms with van der Waals surface area (Å²) in [4.78, 5) is 37.3. The van der Waals surface area contributed by atoms with Gasteiger partial charge in [0.15, 0.2) is 23.9 Å². The van der Waals surface area contributed by atoms with Gasteiger partial charge in [-0.3, -0.25) is 9.59 Å². The molecule has 1 aliphatic heterocycles. The van der Waals surface area contributed by atoms with Crippen molar-refractivity contribution >= 4 is 41.0 Å². The average molecular weight is 478 g/mol. The van der Waals surface area contributed by atoms with Crippen LogP contribution in [0.1, 0.15) is 21.5 Å². The Morgan fingerprint density at radius 3 is 2.50 bits per heavy atom. The van der Waals surface area contributed by atoms with Crippen LogP contribution in [0, 0.1) is 0 Å². The lowest BCUT2D eigenvalue weighted by Gasteiger charge is -2.18. The van der Waals surface area contributed by atoms with Gasteiger partial charge in [0.05, 0.1) is 5.69 Å². The molecule has 0 unspecified atom stereocenters. The molecule has 1 amide bonds. The van der Waals surface area contributed by atoms with E-state index in [0.29, 0.717) is 35.3 Å². The number of benzene rings is 3. The van der Waals surface area contributed by atoms with E-state index in [-0.39, 0.29) is 17.0 Å². The maximum Gasteiger partial charge on any atom is 0.331 e. The highest BCUT2D eigenvalue weighted by molar-refractivity contribution is 6.31. The van der Waals surface area contributed by atoms with Crippen molar-refractivity contribution in [1.82, 2.24) is 0 Å². The molecular weight excluding hydrogens is 458 g/mol. The van der Waals surface area contributed by atoms with E-state index >= 15 is 0 Å². The molecule has 0 aliphatic carbocycles. The average Bonchev–Trinajstić information content (AvgIpc) is 2.87. The number of halogens is 1. The van der Waals surface area contributed by atoms with Gasteiger partial charge in [-0.05, 0) is 42.0 Å². The van der Waals surface area contributed by atoms with E-state index in [4.69, 9.17) is 25.8 Å². The molecule has 172 valence electrons. The lowest BCUT2D eigenvalue weighted by atomic mass is 10.0. The Kier molecular flexibility index (Phi) is 7.25. The summed E-state index contributed by atoms with van der Waals surface area (Å²) < 4.78 is 16.0. The molecule has 0 aromatic heterocycles. The number of esters is 1. The van der Waals surface area contributed by atoms with Gasteiger partial charge in [-0.25, -0.2) is 4.79 Å². The predicted molar refractivity (Wildman–Crippen MR) is 127 cm³/mol. The fraction of sp³-hybridized carbons (Fsp3) is 0.115. The normalized spacial score (nSPS) is 12.3. The van der Waals surface area contributed by atoms with Crippen LogP contribution in [0.4, 0.5) is 5.69 Å². The summed E-state index contributed by atoms with van der Waals surface area (Å²) in [6.45, 7) is 0.435. The van der Waals surface area contributed by atoms with Crippen LogP contribution in [0.3, 0.4) is 0 Å². The molecule has 0 saturated carbocycles. The molecule has 0 fully saturated rings. The molecule has 1 heterocycles. The summed E-state index contributed by atoms with van der Waals surface area (Å²) in [5.41, 5.74) is 1.68.